The highest BCUT2D eigenvalue weighted by Gasteiger charge is 2.34. The smallest absolute Gasteiger partial charge is 0.253 e. The normalized spacial score (nSPS) is 15.2. The maximum absolute atomic E-state index is 12.9. The second kappa shape index (κ2) is 11.3. The number of nitrogens with one attached hydrogen (secondary N) is 2. The first-order chi connectivity index (χ1) is 15.1. The summed E-state index contributed by atoms with van der Waals surface area (Å²) >= 11 is 0. The van der Waals surface area contributed by atoms with Crippen molar-refractivity contribution in [2.45, 2.75) is 18.9 Å². The largest absolute Gasteiger partial charge is 0.383 e. The number of nitrogens with zero attached hydrogens (tertiary/aromatic N) is 1. The minimum Gasteiger partial charge on any atom is -0.383 e. The second-order valence-corrected chi connectivity index (χ2v) is 7.60. The highest BCUT2D eigenvalue weighted by atomic mass is 16.5. The van der Waals surface area contributed by atoms with Gasteiger partial charge in [-0.05, 0) is 43.0 Å². The Morgan fingerprint density at radius 2 is 1.55 bits per heavy atom. The molecule has 7 nitrogen and oxygen atoms in total. The van der Waals surface area contributed by atoms with E-state index in [2.05, 4.69) is 10.6 Å². The summed E-state index contributed by atoms with van der Waals surface area (Å²) in [5.41, 5.74) is 1.17. The lowest BCUT2D eigenvalue weighted by atomic mass is 9.88. The first kappa shape index (κ1) is 22.5. The molecule has 1 aliphatic rings. The first-order valence-corrected chi connectivity index (χ1v) is 10.6. The molecule has 164 valence electrons. The van der Waals surface area contributed by atoms with E-state index < -0.39 is 6.04 Å². The molecule has 1 fully saturated rings. The Labute approximate surface area is 182 Å². The molecule has 31 heavy (non-hydrogen) atoms. The Morgan fingerprint density at radius 3 is 2.13 bits per heavy atom. The van der Waals surface area contributed by atoms with Crippen molar-refractivity contribution in [2.75, 3.05) is 33.4 Å². The number of hydrogen-bond acceptors (Lipinski definition) is 4. The quantitative estimate of drug-likeness (QED) is 0.637. The van der Waals surface area contributed by atoms with Crippen LogP contribution in [0.25, 0.3) is 0 Å². The van der Waals surface area contributed by atoms with Crippen LogP contribution in [0.4, 0.5) is 0 Å². The minimum atomic E-state index is -0.668. The summed E-state index contributed by atoms with van der Waals surface area (Å²) in [5.74, 6) is -0.576. The van der Waals surface area contributed by atoms with E-state index >= 15 is 0 Å². The Hall–Kier alpha value is -3.19. The number of carbonyl (C=O) groups excluding carboxylic acids is 3. The predicted octanol–water partition coefficient (Wildman–Crippen LogP) is 2.10. The van der Waals surface area contributed by atoms with Gasteiger partial charge in [0.05, 0.1) is 6.61 Å². The third-order valence-electron chi connectivity index (χ3n) is 5.53. The van der Waals surface area contributed by atoms with Crippen molar-refractivity contribution >= 4 is 17.7 Å². The van der Waals surface area contributed by atoms with Crippen LogP contribution in [0.5, 0.6) is 0 Å². The second-order valence-electron chi connectivity index (χ2n) is 7.60. The number of methoxy groups -OCH3 is 1. The Kier molecular flexibility index (Phi) is 8.18. The molecule has 1 aliphatic heterocycles. The third kappa shape index (κ3) is 6.15. The predicted molar refractivity (Wildman–Crippen MR) is 118 cm³/mol. The lowest BCUT2D eigenvalue weighted by Crippen LogP contribution is -2.54. The number of carbonyl (C=O) groups is 3. The van der Waals surface area contributed by atoms with Crippen LogP contribution in [0, 0.1) is 5.92 Å². The molecule has 0 unspecified atom stereocenters. The van der Waals surface area contributed by atoms with E-state index in [-0.39, 0.29) is 23.6 Å². The maximum Gasteiger partial charge on any atom is 0.253 e. The van der Waals surface area contributed by atoms with Crippen molar-refractivity contribution in [1.82, 2.24) is 15.5 Å². The SMILES string of the molecule is COCCNC(=O)[C@H](NC(=O)c1ccccc1)C1CCN(C(=O)c2ccccc2)CC1. The lowest BCUT2D eigenvalue weighted by molar-refractivity contribution is -0.124. The van der Waals surface area contributed by atoms with Crippen LogP contribution in [0.3, 0.4) is 0 Å². The van der Waals surface area contributed by atoms with Gasteiger partial charge in [-0.15, -0.1) is 0 Å². The van der Waals surface area contributed by atoms with Gasteiger partial charge >= 0.3 is 0 Å². The summed E-state index contributed by atoms with van der Waals surface area (Å²) in [6, 6.07) is 17.4. The Balaban J connectivity index is 1.65. The average Bonchev–Trinajstić information content (AvgIpc) is 2.83. The summed E-state index contributed by atoms with van der Waals surface area (Å²) in [7, 11) is 1.57. The summed E-state index contributed by atoms with van der Waals surface area (Å²) < 4.78 is 5.00. The zero-order valence-electron chi connectivity index (χ0n) is 17.8. The molecule has 0 radical (unpaired) electrons. The Morgan fingerprint density at radius 1 is 0.968 bits per heavy atom. The number of amides is 3. The van der Waals surface area contributed by atoms with Crippen LogP contribution in [0.2, 0.25) is 0 Å². The van der Waals surface area contributed by atoms with Gasteiger partial charge in [0.15, 0.2) is 0 Å². The monoisotopic (exact) mass is 423 g/mol. The number of rotatable bonds is 8. The molecular weight excluding hydrogens is 394 g/mol. The maximum atomic E-state index is 12.9. The third-order valence-corrected chi connectivity index (χ3v) is 5.53. The van der Waals surface area contributed by atoms with Crippen molar-refractivity contribution in [3.63, 3.8) is 0 Å². The van der Waals surface area contributed by atoms with E-state index in [0.29, 0.717) is 50.2 Å². The fourth-order valence-corrected chi connectivity index (χ4v) is 3.80. The van der Waals surface area contributed by atoms with E-state index in [9.17, 15) is 14.4 Å². The molecule has 0 bridgehead atoms. The van der Waals surface area contributed by atoms with Gasteiger partial charge in [0.2, 0.25) is 5.91 Å². The van der Waals surface area contributed by atoms with Gasteiger partial charge in [-0.1, -0.05) is 36.4 Å². The molecule has 7 heteroatoms. The van der Waals surface area contributed by atoms with E-state index in [1.54, 1.807) is 43.5 Å². The zero-order valence-corrected chi connectivity index (χ0v) is 17.8. The van der Waals surface area contributed by atoms with E-state index in [4.69, 9.17) is 4.74 Å². The topological polar surface area (TPSA) is 87.7 Å². The molecule has 1 saturated heterocycles. The molecule has 0 aliphatic carbocycles. The lowest BCUT2D eigenvalue weighted by Gasteiger charge is -2.36. The summed E-state index contributed by atoms with van der Waals surface area (Å²) in [6.45, 7) is 1.86. The molecule has 0 spiro atoms. The first-order valence-electron chi connectivity index (χ1n) is 10.6. The highest BCUT2D eigenvalue weighted by molar-refractivity contribution is 5.97. The van der Waals surface area contributed by atoms with Gasteiger partial charge in [-0.3, -0.25) is 14.4 Å². The van der Waals surface area contributed by atoms with Crippen LogP contribution in [-0.2, 0) is 9.53 Å². The number of ether oxygens (including phenoxy) is 1. The molecule has 0 aromatic heterocycles. The number of likely N-dealkylation sites (tertiary alicyclic amines) is 1. The van der Waals surface area contributed by atoms with Crippen molar-refractivity contribution in [2.24, 2.45) is 5.92 Å². The van der Waals surface area contributed by atoms with Gasteiger partial charge < -0.3 is 20.3 Å². The molecule has 1 heterocycles. The van der Waals surface area contributed by atoms with Gasteiger partial charge in [0.1, 0.15) is 6.04 Å². The molecule has 0 saturated carbocycles. The van der Waals surface area contributed by atoms with Crippen LogP contribution in [-0.4, -0.2) is 62.0 Å². The zero-order chi connectivity index (χ0) is 22.1. The highest BCUT2D eigenvalue weighted by Crippen LogP contribution is 2.23. The average molecular weight is 424 g/mol. The molecule has 1 atom stereocenters. The fourth-order valence-electron chi connectivity index (χ4n) is 3.80. The number of piperidine rings is 1. The van der Waals surface area contributed by atoms with Gasteiger partial charge in [0.25, 0.3) is 11.8 Å². The van der Waals surface area contributed by atoms with Crippen LogP contribution in [0.1, 0.15) is 33.6 Å². The standard InChI is InChI=1S/C24H29N3O4/c1-31-17-14-25-23(29)21(26-22(28)19-8-4-2-5-9-19)18-12-15-27(16-13-18)24(30)20-10-6-3-7-11-20/h2-11,18,21H,12-17H2,1H3,(H,25,29)(H,26,28)/t21-/m1/s1. The molecule has 2 aromatic rings. The summed E-state index contributed by atoms with van der Waals surface area (Å²) in [6.07, 6.45) is 1.27. The number of benzene rings is 2. The van der Waals surface area contributed by atoms with Crippen molar-refractivity contribution in [3.8, 4) is 0 Å². The fraction of sp³-hybridized carbons (Fsp3) is 0.375. The van der Waals surface area contributed by atoms with E-state index in [1.165, 1.54) is 0 Å². The molecule has 2 N–H and O–H groups in total. The van der Waals surface area contributed by atoms with E-state index in [0.717, 1.165) is 0 Å². The van der Waals surface area contributed by atoms with Gasteiger partial charge in [-0.25, -0.2) is 0 Å². The molecular formula is C24H29N3O4. The molecule has 3 amide bonds. The van der Waals surface area contributed by atoms with Gasteiger partial charge in [0, 0.05) is 37.9 Å². The van der Waals surface area contributed by atoms with Gasteiger partial charge in [-0.2, -0.15) is 0 Å². The van der Waals surface area contributed by atoms with Crippen LogP contribution in [0.15, 0.2) is 60.7 Å². The van der Waals surface area contributed by atoms with E-state index in [1.807, 2.05) is 29.2 Å². The number of hydrogen-bond donors (Lipinski definition) is 2. The minimum absolute atomic E-state index is 0.00605. The van der Waals surface area contributed by atoms with Crippen molar-refractivity contribution < 1.29 is 19.1 Å². The van der Waals surface area contributed by atoms with Crippen molar-refractivity contribution in [1.29, 1.82) is 0 Å². The Bertz CT molecular complexity index is 865. The summed E-state index contributed by atoms with van der Waals surface area (Å²) in [5, 5.41) is 5.75. The summed E-state index contributed by atoms with van der Waals surface area (Å²) in [4.78, 5) is 40.1. The molecule has 3 rings (SSSR count). The van der Waals surface area contributed by atoms with Crippen molar-refractivity contribution in [3.05, 3.63) is 71.8 Å². The van der Waals surface area contributed by atoms with Crippen LogP contribution < -0.4 is 10.6 Å². The molecule has 2 aromatic carbocycles. The van der Waals surface area contributed by atoms with Crippen LogP contribution >= 0.6 is 0 Å².